The van der Waals surface area contributed by atoms with Crippen LogP contribution < -0.4 is 0 Å². The van der Waals surface area contributed by atoms with Crippen LogP contribution in [-0.2, 0) is 5.75 Å². The number of nitrogens with zero attached hydrogens (tertiary/aromatic N) is 4. The Kier molecular flexibility index (Phi) is 4.65. The Labute approximate surface area is 157 Å². The highest BCUT2D eigenvalue weighted by molar-refractivity contribution is 7.98. The van der Waals surface area contributed by atoms with E-state index in [9.17, 15) is 0 Å². The molecule has 0 aliphatic carbocycles. The molecular formula is C17H14N4OS3. The van der Waals surface area contributed by atoms with Crippen LogP contribution in [0.25, 0.3) is 21.3 Å². The molecule has 0 bridgehead atoms. The first kappa shape index (κ1) is 16.4. The van der Waals surface area contributed by atoms with Crippen LogP contribution in [-0.4, -0.2) is 20.2 Å². The molecule has 3 heterocycles. The lowest BCUT2D eigenvalue weighted by Crippen LogP contribution is -1.82. The molecule has 3 aromatic heterocycles. The Morgan fingerprint density at radius 2 is 1.92 bits per heavy atom. The molecule has 4 aromatic rings. The number of rotatable bonds is 5. The molecule has 126 valence electrons. The predicted molar refractivity (Wildman–Crippen MR) is 102 cm³/mol. The molecule has 0 saturated carbocycles. The smallest absolute Gasteiger partial charge is 0.277 e. The molecule has 0 aliphatic rings. The molecule has 8 heteroatoms. The third-order valence-electron chi connectivity index (χ3n) is 3.42. The number of aryl methyl sites for hydroxylation is 2. The molecule has 4 rings (SSSR count). The Morgan fingerprint density at radius 3 is 2.68 bits per heavy atom. The van der Waals surface area contributed by atoms with Crippen molar-refractivity contribution >= 4 is 34.4 Å². The maximum absolute atomic E-state index is 5.76. The van der Waals surface area contributed by atoms with Crippen molar-refractivity contribution in [1.29, 1.82) is 0 Å². The normalized spacial score (nSPS) is 11.1. The molecule has 0 N–H and O–H groups in total. The van der Waals surface area contributed by atoms with E-state index in [4.69, 9.17) is 4.42 Å². The lowest BCUT2D eigenvalue weighted by molar-refractivity contribution is 0.466. The van der Waals surface area contributed by atoms with Crippen LogP contribution in [0.15, 0.2) is 45.4 Å². The second-order valence-electron chi connectivity index (χ2n) is 5.32. The summed E-state index contributed by atoms with van der Waals surface area (Å²) in [5.41, 5.74) is 3.08. The zero-order chi connectivity index (χ0) is 17.2. The summed E-state index contributed by atoms with van der Waals surface area (Å²) in [4.78, 5) is 10.0. The van der Waals surface area contributed by atoms with E-state index in [-0.39, 0.29) is 0 Å². The van der Waals surface area contributed by atoms with E-state index in [0.717, 1.165) is 31.8 Å². The predicted octanol–water partition coefficient (Wildman–Crippen LogP) is 5.23. The van der Waals surface area contributed by atoms with Crippen LogP contribution >= 0.6 is 34.4 Å². The Balaban J connectivity index is 1.44. The highest BCUT2D eigenvalue weighted by atomic mass is 32.2. The average Bonchev–Trinajstić information content (AvgIpc) is 3.33. The highest BCUT2D eigenvalue weighted by Gasteiger charge is 2.15. The van der Waals surface area contributed by atoms with Crippen molar-refractivity contribution in [3.05, 3.63) is 52.1 Å². The topological polar surface area (TPSA) is 64.7 Å². The first-order valence-electron chi connectivity index (χ1n) is 7.59. The minimum atomic E-state index is 0.536. The monoisotopic (exact) mass is 386 g/mol. The molecule has 0 fully saturated rings. The van der Waals surface area contributed by atoms with Gasteiger partial charge in [0.05, 0.1) is 16.4 Å². The van der Waals surface area contributed by atoms with Crippen LogP contribution in [0, 0.1) is 13.8 Å². The molecule has 0 amide bonds. The van der Waals surface area contributed by atoms with Crippen molar-refractivity contribution < 1.29 is 4.42 Å². The Hall–Kier alpha value is -2.03. The largest absolute Gasteiger partial charge is 0.410 e. The van der Waals surface area contributed by atoms with Crippen molar-refractivity contribution in [2.24, 2.45) is 0 Å². The van der Waals surface area contributed by atoms with Gasteiger partial charge in [-0.3, -0.25) is 0 Å². The van der Waals surface area contributed by atoms with Gasteiger partial charge in [0.2, 0.25) is 0 Å². The Bertz CT molecular complexity index is 990. The zero-order valence-electron chi connectivity index (χ0n) is 13.6. The number of thioether (sulfide) groups is 1. The van der Waals surface area contributed by atoms with E-state index in [1.807, 2.05) is 32.0 Å². The van der Waals surface area contributed by atoms with Crippen molar-refractivity contribution in [2.45, 2.75) is 24.8 Å². The second-order valence-corrected chi connectivity index (χ2v) is 8.31. The van der Waals surface area contributed by atoms with Gasteiger partial charge in [0.1, 0.15) is 9.88 Å². The summed E-state index contributed by atoms with van der Waals surface area (Å²) in [5, 5.41) is 12.9. The summed E-state index contributed by atoms with van der Waals surface area (Å²) in [6.45, 7) is 3.93. The van der Waals surface area contributed by atoms with Crippen LogP contribution in [0.4, 0.5) is 0 Å². The van der Waals surface area contributed by atoms with Gasteiger partial charge in [-0.2, -0.15) is 0 Å². The molecule has 1 aromatic carbocycles. The van der Waals surface area contributed by atoms with Crippen molar-refractivity contribution in [1.82, 2.24) is 20.2 Å². The first-order valence-corrected chi connectivity index (χ1v) is 10.3. The molecule has 0 radical (unpaired) electrons. The summed E-state index contributed by atoms with van der Waals surface area (Å²) in [7, 11) is 0. The average molecular weight is 387 g/mol. The standard InChI is InChI=1S/C17H14N4OS3/c1-10-14(25-11(2)18-10)15-20-21-17(22-15)24-9-13-8-23-16(19-13)12-6-4-3-5-7-12/h3-8H,9H2,1-2H3. The van der Waals surface area contributed by atoms with Crippen LogP contribution in [0.1, 0.15) is 16.4 Å². The number of aromatic nitrogens is 4. The van der Waals surface area contributed by atoms with E-state index >= 15 is 0 Å². The molecule has 5 nitrogen and oxygen atoms in total. The SMILES string of the molecule is Cc1nc(C)c(-c2nnc(SCc3csc(-c4ccccc4)n3)o2)s1. The fraction of sp³-hybridized carbons (Fsp3) is 0.176. The maximum atomic E-state index is 5.76. The summed E-state index contributed by atoms with van der Waals surface area (Å²) in [6, 6.07) is 10.2. The van der Waals surface area contributed by atoms with E-state index in [1.54, 1.807) is 22.7 Å². The summed E-state index contributed by atoms with van der Waals surface area (Å²) in [5.74, 6) is 1.24. The number of hydrogen-bond donors (Lipinski definition) is 0. The lowest BCUT2D eigenvalue weighted by Gasteiger charge is -1.94. The number of hydrogen-bond acceptors (Lipinski definition) is 8. The first-order chi connectivity index (χ1) is 12.2. The lowest BCUT2D eigenvalue weighted by atomic mass is 10.2. The van der Waals surface area contributed by atoms with Gasteiger partial charge in [0, 0.05) is 16.7 Å². The third kappa shape index (κ3) is 3.65. The van der Waals surface area contributed by atoms with Gasteiger partial charge in [-0.15, -0.1) is 32.9 Å². The molecule has 0 saturated heterocycles. The van der Waals surface area contributed by atoms with Crippen molar-refractivity contribution in [2.75, 3.05) is 0 Å². The van der Waals surface area contributed by atoms with Crippen molar-refractivity contribution in [3.63, 3.8) is 0 Å². The van der Waals surface area contributed by atoms with Gasteiger partial charge >= 0.3 is 0 Å². The highest BCUT2D eigenvalue weighted by Crippen LogP contribution is 2.32. The molecular weight excluding hydrogens is 372 g/mol. The molecule has 0 spiro atoms. The van der Waals surface area contributed by atoms with Gasteiger partial charge < -0.3 is 4.42 Å². The van der Waals surface area contributed by atoms with Gasteiger partial charge in [-0.1, -0.05) is 42.1 Å². The van der Waals surface area contributed by atoms with Gasteiger partial charge in [0.15, 0.2) is 0 Å². The summed E-state index contributed by atoms with van der Waals surface area (Å²) >= 11 is 4.71. The fourth-order valence-electron chi connectivity index (χ4n) is 2.31. The quantitative estimate of drug-likeness (QED) is 0.438. The second kappa shape index (κ2) is 7.07. The van der Waals surface area contributed by atoms with Gasteiger partial charge in [0.25, 0.3) is 11.1 Å². The van der Waals surface area contributed by atoms with Crippen LogP contribution in [0.5, 0.6) is 0 Å². The molecule has 0 aliphatic heterocycles. The number of benzene rings is 1. The van der Waals surface area contributed by atoms with Crippen LogP contribution in [0.3, 0.4) is 0 Å². The maximum Gasteiger partial charge on any atom is 0.277 e. The zero-order valence-corrected chi connectivity index (χ0v) is 16.0. The minimum absolute atomic E-state index is 0.536. The van der Waals surface area contributed by atoms with Gasteiger partial charge in [-0.05, 0) is 13.8 Å². The number of thiazole rings is 2. The third-order valence-corrected chi connectivity index (χ3v) is 6.27. The molecule has 0 atom stereocenters. The van der Waals surface area contributed by atoms with Crippen molar-refractivity contribution in [3.8, 4) is 21.3 Å². The molecule has 0 unspecified atom stereocenters. The van der Waals surface area contributed by atoms with E-state index in [2.05, 4.69) is 37.7 Å². The van der Waals surface area contributed by atoms with E-state index < -0.39 is 0 Å². The Morgan fingerprint density at radius 1 is 1.08 bits per heavy atom. The van der Waals surface area contributed by atoms with E-state index in [1.165, 1.54) is 11.8 Å². The van der Waals surface area contributed by atoms with Gasteiger partial charge in [-0.25, -0.2) is 9.97 Å². The van der Waals surface area contributed by atoms with E-state index in [0.29, 0.717) is 16.9 Å². The minimum Gasteiger partial charge on any atom is -0.410 e. The summed E-state index contributed by atoms with van der Waals surface area (Å²) in [6.07, 6.45) is 0. The van der Waals surface area contributed by atoms with Crippen LogP contribution in [0.2, 0.25) is 0 Å². The molecule has 25 heavy (non-hydrogen) atoms. The summed E-state index contributed by atoms with van der Waals surface area (Å²) < 4.78 is 5.76. The fourth-order valence-corrected chi connectivity index (χ4v) is 4.74.